The van der Waals surface area contributed by atoms with Crippen molar-refractivity contribution in [2.24, 2.45) is 29.6 Å². The van der Waals surface area contributed by atoms with Crippen LogP contribution in [0.2, 0.25) is 0 Å². The number of aromatic amines is 1. The summed E-state index contributed by atoms with van der Waals surface area (Å²) in [6.07, 6.45) is 3.87. The first-order valence-electron chi connectivity index (χ1n) is 16.5. The lowest BCUT2D eigenvalue weighted by atomic mass is 9.68. The molecule has 2 saturated carbocycles. The highest BCUT2D eigenvalue weighted by Gasteiger charge is 2.70. The van der Waals surface area contributed by atoms with Crippen LogP contribution in [0.25, 0.3) is 0 Å². The van der Waals surface area contributed by atoms with Gasteiger partial charge in [-0.25, -0.2) is 4.79 Å². The molecule has 8 rings (SSSR count). The highest BCUT2D eigenvalue weighted by atomic mass is 79.9. The number of H-pyrrole nitrogens is 1. The van der Waals surface area contributed by atoms with Gasteiger partial charge in [0.25, 0.3) is 5.91 Å². The van der Waals surface area contributed by atoms with E-state index < -0.39 is 17.8 Å². The number of halogens is 1. The molecule has 13 heteroatoms. The van der Waals surface area contributed by atoms with Gasteiger partial charge in [-0.15, -0.1) is 11.8 Å². The fraction of sp³-hybridized carbons (Fsp3) is 0.457. The van der Waals surface area contributed by atoms with E-state index in [1.165, 1.54) is 16.2 Å². The lowest BCUT2D eigenvalue weighted by molar-refractivity contribution is -0.134. The van der Waals surface area contributed by atoms with Crippen molar-refractivity contribution in [1.82, 2.24) is 9.88 Å². The number of carbonyl (C=O) groups is 4. The first-order valence-corrected chi connectivity index (χ1v) is 19.0. The maximum atomic E-state index is 14.2. The van der Waals surface area contributed by atoms with Crippen LogP contribution in [0, 0.1) is 29.6 Å². The average Bonchev–Trinajstić information content (AvgIpc) is 3.83. The number of piperidine rings is 1. The van der Waals surface area contributed by atoms with Gasteiger partial charge >= 0.3 is 10.8 Å². The van der Waals surface area contributed by atoms with Gasteiger partial charge in [-0.3, -0.25) is 24.1 Å². The van der Waals surface area contributed by atoms with Crippen molar-refractivity contribution in [3.63, 3.8) is 0 Å². The predicted molar refractivity (Wildman–Crippen MR) is 183 cm³/mol. The normalized spacial score (nSPS) is 28.7. The number of hydrogen-bond donors (Lipinski definition) is 1. The van der Waals surface area contributed by atoms with Gasteiger partial charge in [-0.2, -0.15) is 0 Å². The van der Waals surface area contributed by atoms with Crippen LogP contribution in [0.4, 0.5) is 5.69 Å². The van der Waals surface area contributed by atoms with Crippen LogP contribution in [0.5, 0.6) is 5.75 Å². The lowest BCUT2D eigenvalue weighted by Gasteiger charge is -2.43. The second-order valence-corrected chi connectivity index (χ2v) is 16.3. The van der Waals surface area contributed by atoms with Crippen molar-refractivity contribution in [3.05, 3.63) is 72.6 Å². The van der Waals surface area contributed by atoms with Crippen LogP contribution in [-0.2, 0) is 19.1 Å². The highest BCUT2D eigenvalue weighted by Crippen LogP contribution is 2.69. The van der Waals surface area contributed by atoms with Gasteiger partial charge in [-0.05, 0) is 92.8 Å². The van der Waals surface area contributed by atoms with Gasteiger partial charge in [0.1, 0.15) is 5.75 Å². The van der Waals surface area contributed by atoms with Crippen molar-refractivity contribution in [3.8, 4) is 5.75 Å². The van der Waals surface area contributed by atoms with Gasteiger partial charge in [0, 0.05) is 39.2 Å². The summed E-state index contributed by atoms with van der Waals surface area (Å²) in [6, 6.07) is 12.2. The quantitative estimate of drug-likeness (QED) is 0.250. The number of fused-ring (bicyclic) bond motifs is 9. The molecule has 2 aromatic carbocycles. The summed E-state index contributed by atoms with van der Waals surface area (Å²) in [6.45, 7) is 3.39. The molecule has 4 unspecified atom stereocenters. The van der Waals surface area contributed by atoms with Crippen LogP contribution in [0.3, 0.4) is 0 Å². The van der Waals surface area contributed by atoms with Crippen LogP contribution in [0.15, 0.2) is 56.8 Å². The molecular formula is C35H34BrN3O7S2. The van der Waals surface area contributed by atoms with E-state index in [1.807, 2.05) is 23.1 Å². The van der Waals surface area contributed by atoms with Crippen molar-refractivity contribution in [2.75, 3.05) is 31.2 Å². The number of benzene rings is 2. The molecule has 5 aliphatic rings. The third-order valence-electron chi connectivity index (χ3n) is 10.7. The van der Waals surface area contributed by atoms with Gasteiger partial charge in [0.2, 0.25) is 11.8 Å². The molecule has 3 aliphatic heterocycles. The minimum atomic E-state index is -0.481. The molecule has 2 bridgehead atoms. The number of carbonyl (C=O) groups excluding carboxylic acids is 4. The molecule has 10 nitrogen and oxygen atoms in total. The van der Waals surface area contributed by atoms with Gasteiger partial charge in [0.15, 0.2) is 6.61 Å². The van der Waals surface area contributed by atoms with Crippen molar-refractivity contribution >= 4 is 68.4 Å². The predicted octanol–water partition coefficient (Wildman–Crippen LogP) is 5.44. The number of thiazole rings is 1. The zero-order chi connectivity index (χ0) is 33.3. The molecule has 4 heterocycles. The van der Waals surface area contributed by atoms with Crippen molar-refractivity contribution in [1.29, 1.82) is 0 Å². The zero-order valence-electron chi connectivity index (χ0n) is 26.2. The van der Waals surface area contributed by atoms with E-state index in [2.05, 4.69) is 20.9 Å². The van der Waals surface area contributed by atoms with Gasteiger partial charge in [-0.1, -0.05) is 27.3 Å². The maximum Gasteiger partial charge on any atom is 0.338 e. The molecular weight excluding hydrogens is 718 g/mol. The SMILES string of the molecule is CCOC(=O)c1ccc(N2C(=O)C3C(C2=O)[C@@H]2C[C@H]3C3Sc4[nH]c(=O)sc4[C@H](c4cc(Br)ccc4OCC(=O)N4CCCCC4)C32)cc1. The fourth-order valence-corrected chi connectivity index (χ4v) is 12.1. The summed E-state index contributed by atoms with van der Waals surface area (Å²) < 4.78 is 12.2. The number of amides is 3. The van der Waals surface area contributed by atoms with E-state index >= 15 is 0 Å². The zero-order valence-corrected chi connectivity index (χ0v) is 29.4. The number of nitrogens with one attached hydrogen (secondary N) is 1. The molecule has 0 radical (unpaired) electrons. The molecule has 2 aliphatic carbocycles. The van der Waals surface area contributed by atoms with Crippen LogP contribution in [0.1, 0.15) is 59.3 Å². The molecule has 3 amide bonds. The molecule has 1 aromatic heterocycles. The molecule has 1 N–H and O–H groups in total. The average molecular weight is 753 g/mol. The minimum Gasteiger partial charge on any atom is -0.483 e. The Morgan fingerprint density at radius 2 is 1.71 bits per heavy atom. The first-order chi connectivity index (χ1) is 23.2. The number of esters is 1. The Morgan fingerprint density at radius 1 is 0.979 bits per heavy atom. The molecule has 48 heavy (non-hydrogen) atoms. The van der Waals surface area contributed by atoms with Crippen molar-refractivity contribution in [2.45, 2.75) is 48.8 Å². The Kier molecular flexibility index (Phi) is 8.27. The third kappa shape index (κ3) is 5.15. The fourth-order valence-electron chi connectivity index (χ4n) is 8.85. The van der Waals surface area contributed by atoms with Crippen LogP contribution >= 0.6 is 39.0 Å². The Bertz CT molecular complexity index is 1870. The number of ether oxygens (including phenoxy) is 2. The summed E-state index contributed by atoms with van der Waals surface area (Å²) in [4.78, 5) is 73.3. The van der Waals surface area contributed by atoms with Gasteiger partial charge in [0.05, 0.1) is 34.7 Å². The van der Waals surface area contributed by atoms with E-state index in [0.29, 0.717) is 17.0 Å². The Hall–Kier alpha value is -3.42. The van der Waals surface area contributed by atoms with Gasteiger partial charge < -0.3 is 19.4 Å². The molecule has 250 valence electrons. The van der Waals surface area contributed by atoms with E-state index in [0.717, 1.165) is 58.7 Å². The number of nitrogens with zero attached hydrogens (tertiary/aromatic N) is 2. The monoisotopic (exact) mass is 751 g/mol. The molecule has 0 spiro atoms. The number of rotatable bonds is 7. The summed E-state index contributed by atoms with van der Waals surface area (Å²) in [5.74, 6) is -1.69. The molecule has 3 aromatic rings. The number of thioether (sulfide) groups is 1. The maximum absolute atomic E-state index is 14.2. The summed E-state index contributed by atoms with van der Waals surface area (Å²) in [5.41, 5.74) is 1.67. The number of aromatic nitrogens is 1. The van der Waals surface area contributed by atoms with Crippen molar-refractivity contribution < 1.29 is 28.7 Å². The third-order valence-corrected chi connectivity index (χ3v) is 13.8. The molecule has 2 saturated heterocycles. The number of imide groups is 1. The second kappa shape index (κ2) is 12.5. The summed E-state index contributed by atoms with van der Waals surface area (Å²) in [7, 11) is 0. The Balaban J connectivity index is 1.13. The lowest BCUT2D eigenvalue weighted by Crippen LogP contribution is -2.43. The smallest absolute Gasteiger partial charge is 0.338 e. The summed E-state index contributed by atoms with van der Waals surface area (Å²) in [5, 5.41) is 0.808. The Morgan fingerprint density at radius 3 is 2.44 bits per heavy atom. The topological polar surface area (TPSA) is 126 Å². The second-order valence-electron chi connectivity index (χ2n) is 13.2. The van der Waals surface area contributed by atoms with Crippen LogP contribution in [-0.4, -0.2) is 65.1 Å². The number of anilines is 1. The van der Waals surface area contributed by atoms with Crippen LogP contribution < -0.4 is 14.5 Å². The number of hydrogen-bond acceptors (Lipinski definition) is 9. The highest BCUT2D eigenvalue weighted by molar-refractivity contribution is 9.10. The largest absolute Gasteiger partial charge is 0.483 e. The number of likely N-dealkylation sites (tertiary alicyclic amines) is 1. The molecule has 4 fully saturated rings. The summed E-state index contributed by atoms with van der Waals surface area (Å²) >= 11 is 6.45. The minimum absolute atomic E-state index is 0.00343. The van der Waals surface area contributed by atoms with E-state index in [1.54, 1.807) is 43.0 Å². The van der Waals surface area contributed by atoms with E-state index in [4.69, 9.17) is 9.47 Å². The standard InChI is InChI=1S/C35H34BrN3O7S2/c1-2-45-34(43)17-6-9-19(10-7-17)39-32(41)27-21-15-22(28(27)33(39)42)29-26(21)25(30-31(47-29)37-35(44)48-30)20-14-18(36)8-11-23(20)46-16-24(40)38-12-4-3-5-13-38/h6-11,14,21-22,25-29H,2-5,12-13,15-16H2,1H3,(H,37,44)/t21-,22-,25-,26?,27?,28?,29?/m1/s1. The van der Waals surface area contributed by atoms with E-state index in [9.17, 15) is 24.0 Å². The Labute approximate surface area is 293 Å². The van der Waals surface area contributed by atoms with E-state index in [-0.39, 0.29) is 64.7 Å². The molecule has 7 atom stereocenters. The first kappa shape index (κ1) is 31.8.